The molecule has 1 aromatic rings. The Kier molecular flexibility index (Phi) is 11.0. The van der Waals surface area contributed by atoms with E-state index in [1.54, 1.807) is 14.2 Å². The summed E-state index contributed by atoms with van der Waals surface area (Å²) in [6.07, 6.45) is 0.938. The van der Waals surface area contributed by atoms with E-state index >= 15 is 0 Å². The molecule has 0 radical (unpaired) electrons. The minimum Gasteiger partial charge on any atom is -0.495 e. The van der Waals surface area contributed by atoms with Gasteiger partial charge >= 0.3 is 0 Å². The van der Waals surface area contributed by atoms with Crippen molar-refractivity contribution in [1.82, 2.24) is 10.2 Å². The highest BCUT2D eigenvalue weighted by Crippen LogP contribution is 2.39. The van der Waals surface area contributed by atoms with E-state index < -0.39 is 0 Å². The SMILES string of the molecule is C=C(C)C[C@H](c1cc(OC)c(Br)c(OC)c1)N1CCNCC1.Cl.Cl. The fraction of sp³-hybridized carbons (Fsp3) is 0.529. The van der Waals surface area contributed by atoms with E-state index in [9.17, 15) is 0 Å². The third-order valence-corrected chi connectivity index (χ3v) is 4.77. The fourth-order valence-electron chi connectivity index (χ4n) is 2.86. The van der Waals surface area contributed by atoms with Crippen molar-refractivity contribution in [1.29, 1.82) is 0 Å². The smallest absolute Gasteiger partial charge is 0.137 e. The molecule has 4 nitrogen and oxygen atoms in total. The van der Waals surface area contributed by atoms with Crippen LogP contribution in [0.15, 0.2) is 28.8 Å². The highest BCUT2D eigenvalue weighted by atomic mass is 79.9. The summed E-state index contributed by atoms with van der Waals surface area (Å²) in [5.74, 6) is 1.60. The maximum atomic E-state index is 5.49. The number of ether oxygens (including phenoxy) is 2. The van der Waals surface area contributed by atoms with Gasteiger partial charge in [-0.3, -0.25) is 4.90 Å². The summed E-state index contributed by atoms with van der Waals surface area (Å²) < 4.78 is 11.8. The molecule has 1 atom stereocenters. The molecule has 1 aliphatic heterocycles. The molecule has 0 saturated carbocycles. The van der Waals surface area contributed by atoms with E-state index in [1.807, 2.05) is 0 Å². The summed E-state index contributed by atoms with van der Waals surface area (Å²) in [5, 5.41) is 3.41. The van der Waals surface area contributed by atoms with Crippen LogP contribution in [0.25, 0.3) is 0 Å². The summed E-state index contributed by atoms with van der Waals surface area (Å²) in [7, 11) is 3.36. The molecule has 7 heteroatoms. The third kappa shape index (κ3) is 5.81. The lowest BCUT2D eigenvalue weighted by atomic mass is 9.97. The van der Waals surface area contributed by atoms with Gasteiger partial charge in [-0.25, -0.2) is 0 Å². The third-order valence-electron chi connectivity index (χ3n) is 3.99. The van der Waals surface area contributed by atoms with Gasteiger partial charge in [0.05, 0.1) is 14.2 Å². The van der Waals surface area contributed by atoms with E-state index in [2.05, 4.69) is 51.8 Å². The van der Waals surface area contributed by atoms with Crippen molar-refractivity contribution < 1.29 is 9.47 Å². The number of nitrogens with zero attached hydrogens (tertiary/aromatic N) is 1. The molecule has 138 valence electrons. The predicted octanol–water partition coefficient (Wildman–Crippen LogP) is 4.22. The Morgan fingerprint density at radius 1 is 1.21 bits per heavy atom. The number of hydrogen-bond donors (Lipinski definition) is 1. The van der Waals surface area contributed by atoms with Gasteiger partial charge < -0.3 is 14.8 Å². The lowest BCUT2D eigenvalue weighted by molar-refractivity contribution is 0.172. The Morgan fingerprint density at radius 3 is 2.12 bits per heavy atom. The Bertz CT molecular complexity index is 512. The van der Waals surface area contributed by atoms with Crippen molar-refractivity contribution >= 4 is 40.7 Å². The molecular formula is C17H27BrCl2N2O2. The van der Waals surface area contributed by atoms with Crippen molar-refractivity contribution in [2.45, 2.75) is 19.4 Å². The van der Waals surface area contributed by atoms with E-state index in [0.29, 0.717) is 6.04 Å². The van der Waals surface area contributed by atoms with E-state index in [-0.39, 0.29) is 24.8 Å². The minimum absolute atomic E-state index is 0. The Morgan fingerprint density at radius 2 is 1.71 bits per heavy atom. The van der Waals surface area contributed by atoms with Crippen LogP contribution in [0.1, 0.15) is 24.9 Å². The van der Waals surface area contributed by atoms with Gasteiger partial charge in [0.1, 0.15) is 16.0 Å². The van der Waals surface area contributed by atoms with Crippen LogP contribution in [-0.2, 0) is 0 Å². The zero-order chi connectivity index (χ0) is 16.1. The maximum Gasteiger partial charge on any atom is 0.137 e. The molecule has 0 unspecified atom stereocenters. The molecule has 0 amide bonds. The lowest BCUT2D eigenvalue weighted by Crippen LogP contribution is -2.45. The monoisotopic (exact) mass is 440 g/mol. The number of rotatable bonds is 6. The number of hydrogen-bond acceptors (Lipinski definition) is 4. The normalized spacial score (nSPS) is 15.7. The second-order valence-corrected chi connectivity index (χ2v) is 6.50. The number of benzene rings is 1. The van der Waals surface area contributed by atoms with E-state index in [0.717, 1.165) is 48.6 Å². The van der Waals surface area contributed by atoms with Gasteiger partial charge in [-0.1, -0.05) is 5.57 Å². The number of nitrogens with one attached hydrogen (secondary N) is 1. The predicted molar refractivity (Wildman–Crippen MR) is 108 cm³/mol. The van der Waals surface area contributed by atoms with Crippen LogP contribution in [0, 0.1) is 0 Å². The molecule has 0 aromatic heterocycles. The molecule has 0 bridgehead atoms. The average Bonchev–Trinajstić information content (AvgIpc) is 2.53. The zero-order valence-electron chi connectivity index (χ0n) is 14.4. The van der Waals surface area contributed by atoms with Crippen molar-refractivity contribution in [3.63, 3.8) is 0 Å². The Labute approximate surface area is 165 Å². The minimum atomic E-state index is 0. The number of halogens is 3. The standard InChI is InChI=1S/C17H25BrN2O2.2ClH/c1-12(2)9-14(20-7-5-19-6-8-20)13-10-15(21-3)17(18)16(11-13)22-4;;/h10-11,14,19H,1,5-9H2,2-4H3;2*1H/t14-;;/m1../s1. The first-order chi connectivity index (χ1) is 10.6. The van der Waals surface area contributed by atoms with Crippen molar-refractivity contribution in [3.05, 3.63) is 34.3 Å². The topological polar surface area (TPSA) is 33.7 Å². The molecule has 1 N–H and O–H groups in total. The first-order valence-corrected chi connectivity index (χ1v) is 8.36. The average molecular weight is 442 g/mol. The quantitative estimate of drug-likeness (QED) is 0.670. The van der Waals surface area contributed by atoms with Crippen molar-refractivity contribution in [2.75, 3.05) is 40.4 Å². The van der Waals surface area contributed by atoms with Crippen LogP contribution in [-0.4, -0.2) is 45.3 Å². The van der Waals surface area contributed by atoms with Crippen LogP contribution in [0.4, 0.5) is 0 Å². The van der Waals surface area contributed by atoms with Crippen LogP contribution < -0.4 is 14.8 Å². The van der Waals surface area contributed by atoms with Gasteiger partial charge in [0.2, 0.25) is 0 Å². The molecule has 2 rings (SSSR count). The summed E-state index contributed by atoms with van der Waals surface area (Å²) in [6.45, 7) is 10.3. The lowest BCUT2D eigenvalue weighted by Gasteiger charge is -2.35. The molecular weight excluding hydrogens is 415 g/mol. The largest absolute Gasteiger partial charge is 0.495 e. The van der Waals surface area contributed by atoms with Gasteiger partial charge in [0.15, 0.2) is 0 Å². The summed E-state index contributed by atoms with van der Waals surface area (Å²) in [5.41, 5.74) is 2.39. The van der Waals surface area contributed by atoms with Gasteiger partial charge in [0.25, 0.3) is 0 Å². The van der Waals surface area contributed by atoms with Crippen LogP contribution in [0.2, 0.25) is 0 Å². The second-order valence-electron chi connectivity index (χ2n) is 5.70. The van der Waals surface area contributed by atoms with Gasteiger partial charge in [-0.15, -0.1) is 31.4 Å². The molecule has 1 fully saturated rings. The summed E-state index contributed by atoms with van der Waals surface area (Å²) in [4.78, 5) is 2.51. The summed E-state index contributed by atoms with van der Waals surface area (Å²) in [6, 6.07) is 4.50. The maximum absolute atomic E-state index is 5.49. The molecule has 1 aromatic carbocycles. The van der Waals surface area contributed by atoms with Crippen molar-refractivity contribution in [3.8, 4) is 11.5 Å². The molecule has 1 saturated heterocycles. The molecule has 24 heavy (non-hydrogen) atoms. The van der Waals surface area contributed by atoms with Crippen LogP contribution >= 0.6 is 40.7 Å². The van der Waals surface area contributed by atoms with Gasteiger partial charge in [0, 0.05) is 32.2 Å². The zero-order valence-corrected chi connectivity index (χ0v) is 17.7. The fourth-order valence-corrected chi connectivity index (χ4v) is 3.42. The first-order valence-electron chi connectivity index (χ1n) is 7.57. The van der Waals surface area contributed by atoms with E-state index in [4.69, 9.17) is 9.47 Å². The second kappa shape index (κ2) is 11.2. The van der Waals surface area contributed by atoms with Gasteiger partial charge in [-0.05, 0) is 47.0 Å². The first kappa shape index (κ1) is 23.5. The highest BCUT2D eigenvalue weighted by molar-refractivity contribution is 9.10. The number of piperazine rings is 1. The molecule has 1 aliphatic rings. The van der Waals surface area contributed by atoms with E-state index in [1.165, 1.54) is 11.1 Å². The van der Waals surface area contributed by atoms with Crippen LogP contribution in [0.5, 0.6) is 11.5 Å². The summed E-state index contributed by atoms with van der Waals surface area (Å²) >= 11 is 3.54. The highest BCUT2D eigenvalue weighted by Gasteiger charge is 2.24. The van der Waals surface area contributed by atoms with Gasteiger partial charge in [-0.2, -0.15) is 0 Å². The molecule has 0 aliphatic carbocycles. The Balaban J connectivity index is 0.00000264. The van der Waals surface area contributed by atoms with Crippen LogP contribution in [0.3, 0.4) is 0 Å². The molecule has 1 heterocycles. The number of methoxy groups -OCH3 is 2. The molecule has 0 spiro atoms. The van der Waals surface area contributed by atoms with Crippen molar-refractivity contribution in [2.24, 2.45) is 0 Å². The Hall–Kier alpha value is -0.460.